The van der Waals surface area contributed by atoms with Gasteiger partial charge in [-0.05, 0) is 37.8 Å². The molecule has 3 aliphatic rings. The number of para-hydroxylation sites is 1. The fraction of sp³-hybridized carbons (Fsp3) is 0.536. The van der Waals surface area contributed by atoms with Crippen LogP contribution in [-0.2, 0) is 19.1 Å². The van der Waals surface area contributed by atoms with Crippen molar-refractivity contribution >= 4 is 39.3 Å². The van der Waals surface area contributed by atoms with Crippen LogP contribution in [-0.4, -0.2) is 88.5 Å². The molecule has 3 heterocycles. The lowest BCUT2D eigenvalue weighted by molar-refractivity contribution is -0.144. The summed E-state index contributed by atoms with van der Waals surface area (Å²) >= 11 is 3.70. The topological polar surface area (TPSA) is 90.4 Å². The van der Waals surface area contributed by atoms with Gasteiger partial charge in [0.25, 0.3) is 5.91 Å². The third-order valence-electron chi connectivity index (χ3n) is 7.93. The number of aryl methyl sites for hydroxylation is 2. The van der Waals surface area contributed by atoms with E-state index in [-0.39, 0.29) is 42.2 Å². The molecule has 0 saturated carbocycles. The summed E-state index contributed by atoms with van der Waals surface area (Å²) in [5.74, 6) is -2.21. The molecule has 8 nitrogen and oxygen atoms in total. The van der Waals surface area contributed by atoms with E-state index >= 15 is 0 Å². The predicted octanol–water partition coefficient (Wildman–Crippen LogP) is 2.60. The first-order valence-electron chi connectivity index (χ1n) is 12.7. The first-order chi connectivity index (χ1) is 17.6. The Kier molecular flexibility index (Phi) is 7.97. The average molecular weight is 575 g/mol. The van der Waals surface area contributed by atoms with Gasteiger partial charge in [-0.2, -0.15) is 0 Å². The van der Waals surface area contributed by atoms with Crippen LogP contribution in [0.15, 0.2) is 43.5 Å². The number of aliphatic hydroxyl groups is 1. The minimum atomic E-state index is -1.15. The lowest BCUT2D eigenvalue weighted by atomic mass is 9.70. The Labute approximate surface area is 227 Å². The van der Waals surface area contributed by atoms with Crippen LogP contribution < -0.4 is 4.90 Å². The van der Waals surface area contributed by atoms with Crippen LogP contribution >= 0.6 is 15.9 Å². The molecular formula is C28H36BrN3O5. The van der Waals surface area contributed by atoms with Gasteiger partial charge in [0.05, 0.1) is 17.9 Å². The third-order valence-corrected chi connectivity index (χ3v) is 8.78. The van der Waals surface area contributed by atoms with Crippen LogP contribution in [0.4, 0.5) is 5.69 Å². The van der Waals surface area contributed by atoms with Crippen molar-refractivity contribution in [2.75, 3.05) is 38.2 Å². The van der Waals surface area contributed by atoms with E-state index in [9.17, 15) is 19.5 Å². The Balaban J connectivity index is 1.82. The van der Waals surface area contributed by atoms with Gasteiger partial charge in [-0.3, -0.25) is 14.4 Å². The second kappa shape index (κ2) is 10.7. The maximum atomic E-state index is 14.5. The number of carbonyl (C=O) groups excluding carboxylic acids is 3. The molecule has 3 aliphatic heterocycles. The number of halogens is 1. The molecule has 3 fully saturated rings. The van der Waals surface area contributed by atoms with Crippen molar-refractivity contribution in [1.82, 2.24) is 9.80 Å². The number of anilines is 1. The summed E-state index contributed by atoms with van der Waals surface area (Å²) in [7, 11) is 1.68. The Morgan fingerprint density at radius 1 is 1.22 bits per heavy atom. The zero-order valence-corrected chi connectivity index (χ0v) is 23.3. The number of alkyl halides is 1. The number of nitrogens with zero attached hydrogens (tertiary/aromatic N) is 3. The first-order valence-corrected chi connectivity index (χ1v) is 13.6. The fourth-order valence-electron chi connectivity index (χ4n) is 6.51. The summed E-state index contributed by atoms with van der Waals surface area (Å²) < 4.78 is 6.58. The SMILES string of the molecule is C=CCN(C)C(=O)[C@H]1[C@H]2C(=O)N(CCCO)C(C(=O)N(CC=C)c3c(C)cccc3C)C23CC(Br)[C@@H]1O3. The van der Waals surface area contributed by atoms with Crippen LogP contribution in [0.1, 0.15) is 24.0 Å². The van der Waals surface area contributed by atoms with Crippen molar-refractivity contribution in [3.63, 3.8) is 0 Å². The molecule has 6 atom stereocenters. The number of likely N-dealkylation sites (tertiary alicyclic amines) is 1. The normalized spacial score (nSPS) is 29.8. The van der Waals surface area contributed by atoms with Crippen LogP contribution in [0.5, 0.6) is 0 Å². The van der Waals surface area contributed by atoms with E-state index in [1.165, 1.54) is 0 Å². The van der Waals surface area contributed by atoms with Gasteiger partial charge in [0.15, 0.2) is 0 Å². The lowest BCUT2D eigenvalue weighted by Gasteiger charge is -2.38. The smallest absolute Gasteiger partial charge is 0.253 e. The summed E-state index contributed by atoms with van der Waals surface area (Å²) in [6, 6.07) is 4.92. The van der Waals surface area contributed by atoms with Crippen molar-refractivity contribution in [3.8, 4) is 0 Å². The number of ether oxygens (including phenoxy) is 1. The minimum Gasteiger partial charge on any atom is -0.396 e. The molecule has 3 amide bonds. The van der Waals surface area contributed by atoms with Gasteiger partial charge in [0.1, 0.15) is 11.6 Å². The molecule has 37 heavy (non-hydrogen) atoms. The highest BCUT2D eigenvalue weighted by atomic mass is 79.9. The van der Waals surface area contributed by atoms with E-state index in [2.05, 4.69) is 29.1 Å². The molecule has 1 aromatic rings. The number of rotatable bonds is 10. The van der Waals surface area contributed by atoms with E-state index in [0.29, 0.717) is 19.4 Å². The Morgan fingerprint density at radius 3 is 2.46 bits per heavy atom. The first kappa shape index (κ1) is 27.5. The average Bonchev–Trinajstić information content (AvgIpc) is 3.44. The zero-order valence-electron chi connectivity index (χ0n) is 21.7. The number of hydrogen-bond acceptors (Lipinski definition) is 5. The number of fused-ring (bicyclic) bond motifs is 1. The van der Waals surface area contributed by atoms with E-state index in [0.717, 1.165) is 16.8 Å². The van der Waals surface area contributed by atoms with E-state index in [1.54, 1.807) is 33.9 Å². The number of carbonyl (C=O) groups is 3. The van der Waals surface area contributed by atoms with E-state index in [1.807, 2.05) is 32.0 Å². The van der Waals surface area contributed by atoms with Crippen molar-refractivity contribution < 1.29 is 24.2 Å². The molecule has 1 spiro atoms. The minimum absolute atomic E-state index is 0.120. The molecule has 3 unspecified atom stereocenters. The quantitative estimate of drug-likeness (QED) is 0.343. The van der Waals surface area contributed by atoms with Gasteiger partial charge in [-0.25, -0.2) is 0 Å². The molecule has 1 N–H and O–H groups in total. The van der Waals surface area contributed by atoms with Gasteiger partial charge in [0.2, 0.25) is 11.8 Å². The van der Waals surface area contributed by atoms with Crippen molar-refractivity contribution in [2.24, 2.45) is 11.8 Å². The molecule has 0 aromatic heterocycles. The van der Waals surface area contributed by atoms with Gasteiger partial charge >= 0.3 is 0 Å². The summed E-state index contributed by atoms with van der Waals surface area (Å²) in [6.45, 7) is 12.2. The number of likely N-dealkylation sites (N-methyl/N-ethyl adjacent to an activating group) is 1. The lowest BCUT2D eigenvalue weighted by Crippen LogP contribution is -2.57. The maximum absolute atomic E-state index is 14.5. The molecule has 1 aromatic carbocycles. The third kappa shape index (κ3) is 4.34. The van der Waals surface area contributed by atoms with Crippen LogP contribution in [0.25, 0.3) is 0 Å². The highest BCUT2D eigenvalue weighted by Gasteiger charge is 2.76. The largest absolute Gasteiger partial charge is 0.396 e. The summed E-state index contributed by atoms with van der Waals surface area (Å²) in [6.07, 6.45) is 3.55. The fourth-order valence-corrected chi connectivity index (χ4v) is 7.45. The zero-order chi connectivity index (χ0) is 27.1. The van der Waals surface area contributed by atoms with Crippen molar-refractivity contribution in [2.45, 2.75) is 49.3 Å². The van der Waals surface area contributed by atoms with Crippen LogP contribution in [0, 0.1) is 25.7 Å². The van der Waals surface area contributed by atoms with Crippen LogP contribution in [0.2, 0.25) is 0 Å². The molecule has 200 valence electrons. The number of aliphatic hydroxyl groups excluding tert-OH is 1. The summed E-state index contributed by atoms with van der Waals surface area (Å²) in [5.41, 5.74) is 1.51. The second-order valence-corrected chi connectivity index (χ2v) is 11.4. The number of amides is 3. The number of benzene rings is 1. The van der Waals surface area contributed by atoms with Crippen molar-refractivity contribution in [3.05, 3.63) is 54.6 Å². The Bertz CT molecular complexity index is 1090. The maximum Gasteiger partial charge on any atom is 0.253 e. The Morgan fingerprint density at radius 2 is 1.86 bits per heavy atom. The molecule has 9 heteroatoms. The molecule has 0 aliphatic carbocycles. The van der Waals surface area contributed by atoms with Crippen molar-refractivity contribution in [1.29, 1.82) is 0 Å². The van der Waals surface area contributed by atoms with Crippen LogP contribution in [0.3, 0.4) is 0 Å². The standard InChI is InChI=1S/C28H36BrN3O5/c1-6-12-30(5)25(34)20-21-26(35)32(14-9-15-33)24(28(21)16-19(29)23(20)37-28)27(36)31(13-7-2)22-17(3)10-8-11-18(22)4/h6-8,10-11,19-21,23-24,33H,1-2,9,12-16H2,3-5H3/t19?,20-,21-,23-,24?,28?/m0/s1. The molecular weight excluding hydrogens is 538 g/mol. The van der Waals surface area contributed by atoms with Gasteiger partial charge in [-0.1, -0.05) is 46.3 Å². The predicted molar refractivity (Wildman–Crippen MR) is 145 cm³/mol. The van der Waals surface area contributed by atoms with E-state index in [4.69, 9.17) is 4.74 Å². The summed E-state index contributed by atoms with van der Waals surface area (Å²) in [5, 5.41) is 9.57. The summed E-state index contributed by atoms with van der Waals surface area (Å²) in [4.78, 5) is 46.7. The highest BCUT2D eigenvalue weighted by molar-refractivity contribution is 9.09. The van der Waals surface area contributed by atoms with E-state index < -0.39 is 29.6 Å². The monoisotopic (exact) mass is 573 g/mol. The second-order valence-electron chi connectivity index (χ2n) is 10.3. The molecule has 0 radical (unpaired) electrons. The molecule has 2 bridgehead atoms. The van der Waals surface area contributed by atoms with Gasteiger partial charge < -0.3 is 24.5 Å². The Hall–Kier alpha value is -2.49. The molecule has 3 saturated heterocycles. The van der Waals surface area contributed by atoms with Gasteiger partial charge in [0, 0.05) is 43.8 Å². The molecule has 4 rings (SSSR count). The highest BCUT2D eigenvalue weighted by Crippen LogP contribution is 2.60. The number of hydrogen-bond donors (Lipinski definition) is 1. The van der Waals surface area contributed by atoms with Gasteiger partial charge in [-0.15, -0.1) is 13.2 Å².